The lowest BCUT2D eigenvalue weighted by atomic mass is 9.97. The maximum absolute atomic E-state index is 12.3. The Hall–Kier alpha value is -3.86. The highest BCUT2D eigenvalue weighted by Crippen LogP contribution is 2.41. The molecule has 1 fully saturated rings. The molecule has 3 heterocycles. The van der Waals surface area contributed by atoms with Gasteiger partial charge in [0.15, 0.2) is 5.82 Å². The first-order valence-electron chi connectivity index (χ1n) is 13.9. The Morgan fingerprint density at radius 2 is 1.71 bits per heavy atom. The molecule has 2 atom stereocenters. The third kappa shape index (κ3) is 5.37. The van der Waals surface area contributed by atoms with Gasteiger partial charge in [-0.25, -0.2) is 9.78 Å². The minimum atomic E-state index is -0.297. The predicted molar refractivity (Wildman–Crippen MR) is 164 cm³/mol. The monoisotopic (exact) mass is 605 g/mol. The van der Waals surface area contributed by atoms with Crippen LogP contribution < -0.4 is 4.74 Å². The van der Waals surface area contributed by atoms with E-state index >= 15 is 0 Å². The van der Waals surface area contributed by atoms with Gasteiger partial charge in [0.2, 0.25) is 10.8 Å². The average Bonchev–Trinajstić information content (AvgIpc) is 3.57. The van der Waals surface area contributed by atoms with Gasteiger partial charge in [-0.1, -0.05) is 66.3 Å². The lowest BCUT2D eigenvalue weighted by Gasteiger charge is -2.38. The van der Waals surface area contributed by atoms with E-state index in [1.165, 1.54) is 15.9 Å². The summed E-state index contributed by atoms with van der Waals surface area (Å²) in [5.74, 6) is 1.46. The topological polar surface area (TPSA) is 92.4 Å². The molecule has 0 radical (unpaired) electrons. The molecule has 0 aliphatic carbocycles. The number of piperazine rings is 1. The van der Waals surface area contributed by atoms with E-state index in [1.807, 2.05) is 42.5 Å². The zero-order chi connectivity index (χ0) is 29.4. The van der Waals surface area contributed by atoms with Gasteiger partial charge in [-0.15, -0.1) is 5.10 Å². The van der Waals surface area contributed by atoms with Gasteiger partial charge in [0.25, 0.3) is 0 Å². The molecule has 3 aromatic carbocycles. The fourth-order valence-corrected chi connectivity index (χ4v) is 6.72. The van der Waals surface area contributed by atoms with Crippen molar-refractivity contribution in [1.82, 2.24) is 24.4 Å². The van der Waals surface area contributed by atoms with Crippen LogP contribution in [0.2, 0.25) is 5.02 Å². The summed E-state index contributed by atoms with van der Waals surface area (Å²) in [6, 6.07) is 19.7. The Labute approximate surface area is 252 Å². The van der Waals surface area contributed by atoms with Crippen LogP contribution in [0.5, 0.6) is 11.6 Å². The summed E-state index contributed by atoms with van der Waals surface area (Å²) in [6.45, 7) is 6.53. The predicted octanol–water partition coefficient (Wildman–Crippen LogP) is 6.33. The number of rotatable bonds is 7. The minimum Gasteiger partial charge on any atom is -0.497 e. The quantitative estimate of drug-likeness (QED) is 0.232. The summed E-state index contributed by atoms with van der Waals surface area (Å²) < 4.78 is 12.1. The molecule has 1 aliphatic heterocycles. The summed E-state index contributed by atoms with van der Waals surface area (Å²) >= 11 is 7.63. The number of carbonyl (C=O) groups excluding carboxylic acids is 1. The maximum Gasteiger partial charge on any atom is 0.409 e. The maximum atomic E-state index is 12.3. The molecule has 1 saturated heterocycles. The Balaban J connectivity index is 1.30. The van der Waals surface area contributed by atoms with Gasteiger partial charge in [0.05, 0.1) is 24.6 Å². The number of nitrogens with zero attached hydrogens (tertiary/aromatic N) is 5. The van der Waals surface area contributed by atoms with Crippen LogP contribution in [0.4, 0.5) is 4.79 Å². The van der Waals surface area contributed by atoms with Gasteiger partial charge >= 0.3 is 6.09 Å². The number of amides is 1. The standard InChI is InChI=1S/C31H32ClN5O4S/c1-4-41-31(39)36-15-13-35(14-16-36)26(20-7-10-24(32)11-8-20)27-29(38)37-30(42-27)33-28(34-37)19(2)21-5-6-23-18-25(40-3)12-9-22(23)17-21/h5-12,17-19,26,38H,4,13-16H2,1-3H3/t19-,26+/m0/s1. The highest BCUT2D eigenvalue weighted by molar-refractivity contribution is 7.17. The smallest absolute Gasteiger partial charge is 0.409 e. The second-order valence-electron chi connectivity index (χ2n) is 10.3. The number of halogens is 1. The number of carbonyl (C=O) groups is 1. The fraction of sp³-hybridized carbons (Fsp3) is 0.323. The van der Waals surface area contributed by atoms with Crippen molar-refractivity contribution in [3.05, 3.63) is 87.5 Å². The van der Waals surface area contributed by atoms with Crippen LogP contribution in [0.3, 0.4) is 0 Å². The molecule has 9 nitrogen and oxygen atoms in total. The highest BCUT2D eigenvalue weighted by Gasteiger charge is 2.33. The van der Waals surface area contributed by atoms with Crippen molar-refractivity contribution in [2.75, 3.05) is 39.9 Å². The number of benzene rings is 3. The minimum absolute atomic E-state index is 0.0688. The Morgan fingerprint density at radius 3 is 2.40 bits per heavy atom. The third-order valence-electron chi connectivity index (χ3n) is 7.81. The largest absolute Gasteiger partial charge is 0.497 e. The Morgan fingerprint density at radius 1 is 1.02 bits per heavy atom. The zero-order valence-corrected chi connectivity index (χ0v) is 25.2. The van der Waals surface area contributed by atoms with Crippen LogP contribution in [0.25, 0.3) is 15.7 Å². The van der Waals surface area contributed by atoms with E-state index in [9.17, 15) is 9.90 Å². The van der Waals surface area contributed by atoms with Gasteiger partial charge in [-0.05, 0) is 53.1 Å². The summed E-state index contributed by atoms with van der Waals surface area (Å²) in [5.41, 5.74) is 2.08. The van der Waals surface area contributed by atoms with Crippen LogP contribution in [0, 0.1) is 0 Å². The number of fused-ring (bicyclic) bond motifs is 2. The molecule has 1 aliphatic rings. The van der Waals surface area contributed by atoms with Crippen molar-refractivity contribution in [2.45, 2.75) is 25.8 Å². The molecule has 6 rings (SSSR count). The average molecular weight is 606 g/mol. The van der Waals surface area contributed by atoms with Crippen molar-refractivity contribution in [3.63, 3.8) is 0 Å². The summed E-state index contributed by atoms with van der Waals surface area (Å²) in [6.07, 6.45) is -0.297. The number of hydrogen-bond donors (Lipinski definition) is 1. The Bertz CT molecular complexity index is 1730. The molecule has 1 amide bonds. The van der Waals surface area contributed by atoms with E-state index in [0.29, 0.717) is 48.6 Å². The first kappa shape index (κ1) is 28.3. The van der Waals surface area contributed by atoms with E-state index in [4.69, 9.17) is 31.2 Å². The molecule has 218 valence electrons. The summed E-state index contributed by atoms with van der Waals surface area (Å²) in [4.78, 5) is 22.5. The van der Waals surface area contributed by atoms with Gasteiger partial charge in [-0.2, -0.15) is 4.52 Å². The normalized spacial score (nSPS) is 15.7. The van der Waals surface area contributed by atoms with E-state index in [1.54, 1.807) is 18.9 Å². The second kappa shape index (κ2) is 11.8. The van der Waals surface area contributed by atoms with Crippen molar-refractivity contribution < 1.29 is 19.4 Å². The molecule has 1 N–H and O–H groups in total. The fourth-order valence-electron chi connectivity index (χ4n) is 5.47. The lowest BCUT2D eigenvalue weighted by Crippen LogP contribution is -2.49. The molecular formula is C31H32ClN5O4S. The van der Waals surface area contributed by atoms with Crippen LogP contribution in [-0.2, 0) is 4.74 Å². The van der Waals surface area contributed by atoms with Crippen LogP contribution >= 0.6 is 22.9 Å². The molecule has 42 heavy (non-hydrogen) atoms. The zero-order valence-electron chi connectivity index (χ0n) is 23.7. The number of methoxy groups -OCH3 is 1. The molecular weight excluding hydrogens is 574 g/mol. The first-order valence-corrected chi connectivity index (χ1v) is 15.1. The van der Waals surface area contributed by atoms with Crippen LogP contribution in [0.1, 0.15) is 47.6 Å². The number of aromatic nitrogens is 3. The summed E-state index contributed by atoms with van der Waals surface area (Å²) in [7, 11) is 1.67. The molecule has 5 aromatic rings. The lowest BCUT2D eigenvalue weighted by molar-refractivity contribution is 0.0715. The Kier molecular flexibility index (Phi) is 7.94. The van der Waals surface area contributed by atoms with E-state index in [2.05, 4.69) is 30.0 Å². The summed E-state index contributed by atoms with van der Waals surface area (Å²) in [5, 5.41) is 19.1. The SMILES string of the molecule is CCOC(=O)N1CCN([C@H](c2ccc(Cl)cc2)c2sc3nc([C@@H](C)c4ccc5cc(OC)ccc5c4)nn3c2O)CC1. The van der Waals surface area contributed by atoms with E-state index in [0.717, 1.165) is 32.5 Å². The number of thiazole rings is 1. The molecule has 0 saturated carbocycles. The van der Waals surface area contributed by atoms with Crippen molar-refractivity contribution in [3.8, 4) is 11.6 Å². The van der Waals surface area contributed by atoms with Gasteiger partial charge in [0.1, 0.15) is 5.75 Å². The van der Waals surface area contributed by atoms with Crippen molar-refractivity contribution in [2.24, 2.45) is 0 Å². The third-order valence-corrected chi connectivity index (χ3v) is 9.14. The second-order valence-corrected chi connectivity index (χ2v) is 11.8. The van der Waals surface area contributed by atoms with Crippen LogP contribution in [-0.4, -0.2) is 75.5 Å². The first-order chi connectivity index (χ1) is 20.4. The number of ether oxygens (including phenoxy) is 2. The number of hydrogen-bond acceptors (Lipinski definition) is 8. The van der Waals surface area contributed by atoms with Crippen molar-refractivity contribution in [1.29, 1.82) is 0 Å². The van der Waals surface area contributed by atoms with E-state index in [-0.39, 0.29) is 23.9 Å². The molecule has 0 spiro atoms. The molecule has 2 aromatic heterocycles. The van der Waals surface area contributed by atoms with E-state index < -0.39 is 0 Å². The number of aromatic hydroxyl groups is 1. The highest BCUT2D eigenvalue weighted by atomic mass is 35.5. The molecule has 0 unspecified atom stereocenters. The van der Waals surface area contributed by atoms with Gasteiger partial charge in [0, 0.05) is 37.1 Å². The molecule has 11 heteroatoms. The van der Waals surface area contributed by atoms with Gasteiger partial charge < -0.3 is 19.5 Å². The van der Waals surface area contributed by atoms with Crippen molar-refractivity contribution >= 4 is 44.8 Å². The molecule has 0 bridgehead atoms. The van der Waals surface area contributed by atoms with Gasteiger partial charge in [-0.3, -0.25) is 4.90 Å². The van der Waals surface area contributed by atoms with Crippen LogP contribution in [0.15, 0.2) is 60.7 Å².